The van der Waals surface area contributed by atoms with Gasteiger partial charge >= 0.3 is 0 Å². The van der Waals surface area contributed by atoms with Crippen LogP contribution in [0.5, 0.6) is 0 Å². The highest BCUT2D eigenvalue weighted by atomic mass is 127. The largest absolute Gasteiger partial charge is 0.469 e. The van der Waals surface area contributed by atoms with E-state index in [1.807, 2.05) is 18.3 Å². The first-order valence-corrected chi connectivity index (χ1v) is 8.96. The van der Waals surface area contributed by atoms with E-state index >= 15 is 0 Å². The third-order valence-electron chi connectivity index (χ3n) is 3.43. The number of methoxy groups -OCH3 is 1. The molecule has 25 heavy (non-hydrogen) atoms. The zero-order valence-corrected chi connectivity index (χ0v) is 18.1. The molecule has 0 saturated carbocycles. The fourth-order valence-corrected chi connectivity index (χ4v) is 2.93. The van der Waals surface area contributed by atoms with Crippen molar-refractivity contribution in [1.29, 1.82) is 0 Å². The van der Waals surface area contributed by atoms with E-state index in [1.165, 1.54) is 4.88 Å². The van der Waals surface area contributed by atoms with Crippen LogP contribution in [0.15, 0.2) is 34.0 Å². The molecule has 0 aliphatic rings. The first-order chi connectivity index (χ1) is 11.7. The van der Waals surface area contributed by atoms with Gasteiger partial charge < -0.3 is 19.8 Å². The van der Waals surface area contributed by atoms with Crippen LogP contribution in [0.4, 0.5) is 0 Å². The minimum Gasteiger partial charge on any atom is -0.469 e. The average Bonchev–Trinajstić information content (AvgIpc) is 3.23. The highest BCUT2D eigenvalue weighted by molar-refractivity contribution is 14.0. The molecule has 0 aliphatic heterocycles. The van der Waals surface area contributed by atoms with Crippen molar-refractivity contribution >= 4 is 41.3 Å². The first kappa shape index (κ1) is 21.9. The van der Waals surface area contributed by atoms with Crippen LogP contribution in [0, 0.1) is 6.92 Å². The molecule has 2 N–H and O–H groups in total. The van der Waals surface area contributed by atoms with Gasteiger partial charge in [-0.15, -0.1) is 35.3 Å². The molecule has 0 radical (unpaired) electrons. The maximum Gasteiger partial charge on any atom is 0.191 e. The Morgan fingerprint density at radius 3 is 2.84 bits per heavy atom. The number of halogens is 1. The Kier molecular flexibility index (Phi) is 10.7. The van der Waals surface area contributed by atoms with Crippen molar-refractivity contribution in [2.24, 2.45) is 4.99 Å². The molecule has 0 fully saturated rings. The molecule has 6 nitrogen and oxygen atoms in total. The van der Waals surface area contributed by atoms with E-state index in [-0.39, 0.29) is 24.0 Å². The van der Waals surface area contributed by atoms with Crippen molar-refractivity contribution in [3.05, 3.63) is 40.2 Å². The van der Waals surface area contributed by atoms with Crippen molar-refractivity contribution in [2.75, 3.05) is 33.4 Å². The van der Waals surface area contributed by atoms with E-state index < -0.39 is 0 Å². The number of aryl methyl sites for hydroxylation is 1. The second kappa shape index (κ2) is 12.3. The standard InChI is InChI=1S/C17H26N4O2S.HI/c1-13(16-20-12-14(2)24-16)11-21-17(19-8-10-22-3)18-7-6-15-5-4-9-23-15;/h4-5,9,12-13H,6-8,10-11H2,1-3H3,(H2,18,19,21);1H. The lowest BCUT2D eigenvalue weighted by Crippen LogP contribution is -2.40. The monoisotopic (exact) mass is 478 g/mol. The smallest absolute Gasteiger partial charge is 0.191 e. The topological polar surface area (TPSA) is 71.7 Å². The van der Waals surface area contributed by atoms with Gasteiger partial charge in [0.25, 0.3) is 0 Å². The van der Waals surface area contributed by atoms with Gasteiger partial charge in [-0.2, -0.15) is 0 Å². The number of hydrogen-bond acceptors (Lipinski definition) is 5. The molecule has 2 aromatic rings. The normalized spacial score (nSPS) is 12.5. The Morgan fingerprint density at radius 1 is 1.40 bits per heavy atom. The number of aliphatic imine (C=N–C) groups is 1. The first-order valence-electron chi connectivity index (χ1n) is 8.15. The molecule has 0 aromatic carbocycles. The quantitative estimate of drug-likeness (QED) is 0.251. The fraction of sp³-hybridized carbons (Fsp3) is 0.529. The van der Waals surface area contributed by atoms with Crippen LogP contribution in [-0.2, 0) is 11.2 Å². The number of aromatic nitrogens is 1. The highest BCUT2D eigenvalue weighted by Gasteiger charge is 2.09. The summed E-state index contributed by atoms with van der Waals surface area (Å²) in [6, 6.07) is 3.88. The van der Waals surface area contributed by atoms with Gasteiger partial charge in [0.1, 0.15) is 5.76 Å². The van der Waals surface area contributed by atoms with E-state index in [4.69, 9.17) is 9.15 Å². The summed E-state index contributed by atoms with van der Waals surface area (Å²) in [5.74, 6) is 2.05. The Hall–Kier alpha value is -1.13. The molecule has 0 spiro atoms. The number of guanidine groups is 1. The number of hydrogen-bond donors (Lipinski definition) is 2. The molecule has 0 saturated heterocycles. The van der Waals surface area contributed by atoms with Crippen molar-refractivity contribution in [3.63, 3.8) is 0 Å². The molecule has 2 aromatic heterocycles. The molecule has 1 unspecified atom stereocenters. The summed E-state index contributed by atoms with van der Waals surface area (Å²) in [5.41, 5.74) is 0. The summed E-state index contributed by atoms with van der Waals surface area (Å²) in [6.45, 7) is 7.03. The predicted molar refractivity (Wildman–Crippen MR) is 113 cm³/mol. The zero-order chi connectivity index (χ0) is 17.2. The van der Waals surface area contributed by atoms with Crippen molar-refractivity contribution in [3.8, 4) is 0 Å². The van der Waals surface area contributed by atoms with Crippen molar-refractivity contribution in [1.82, 2.24) is 15.6 Å². The Bertz CT molecular complexity index is 616. The van der Waals surface area contributed by atoms with Gasteiger partial charge in [0.15, 0.2) is 5.96 Å². The average molecular weight is 478 g/mol. The van der Waals surface area contributed by atoms with E-state index in [2.05, 4.69) is 34.5 Å². The Balaban J connectivity index is 0.00000312. The Morgan fingerprint density at radius 2 is 2.20 bits per heavy atom. The van der Waals surface area contributed by atoms with Gasteiger partial charge in [0.05, 0.1) is 24.4 Å². The van der Waals surface area contributed by atoms with Crippen LogP contribution in [0.1, 0.15) is 28.5 Å². The van der Waals surface area contributed by atoms with Crippen LogP contribution in [0.3, 0.4) is 0 Å². The summed E-state index contributed by atoms with van der Waals surface area (Å²) >= 11 is 1.73. The lowest BCUT2D eigenvalue weighted by molar-refractivity contribution is 0.203. The third kappa shape index (κ3) is 8.19. The minimum atomic E-state index is 0. The zero-order valence-electron chi connectivity index (χ0n) is 14.9. The molecule has 140 valence electrons. The molecule has 1 atom stereocenters. The van der Waals surface area contributed by atoms with Crippen LogP contribution in [-0.4, -0.2) is 44.3 Å². The number of nitrogens with one attached hydrogen (secondary N) is 2. The number of thiazole rings is 1. The van der Waals surface area contributed by atoms with Gasteiger partial charge in [0.2, 0.25) is 0 Å². The molecular weight excluding hydrogens is 451 g/mol. The van der Waals surface area contributed by atoms with Gasteiger partial charge in [-0.3, -0.25) is 4.99 Å². The van der Waals surface area contributed by atoms with Gasteiger partial charge in [-0.05, 0) is 19.1 Å². The molecule has 0 aliphatic carbocycles. The van der Waals surface area contributed by atoms with E-state index in [9.17, 15) is 0 Å². The summed E-state index contributed by atoms with van der Waals surface area (Å²) in [7, 11) is 1.69. The second-order valence-corrected chi connectivity index (χ2v) is 6.84. The maximum atomic E-state index is 5.35. The summed E-state index contributed by atoms with van der Waals surface area (Å²) in [6.07, 6.45) is 4.43. The van der Waals surface area contributed by atoms with Crippen molar-refractivity contribution < 1.29 is 9.15 Å². The molecule has 2 heterocycles. The van der Waals surface area contributed by atoms with Gasteiger partial charge in [-0.25, -0.2) is 4.98 Å². The molecule has 0 amide bonds. The summed E-state index contributed by atoms with van der Waals surface area (Å²) in [4.78, 5) is 10.3. The number of ether oxygens (including phenoxy) is 1. The number of nitrogens with zero attached hydrogens (tertiary/aromatic N) is 2. The van der Waals surface area contributed by atoms with E-state index in [1.54, 1.807) is 24.7 Å². The van der Waals surface area contributed by atoms with Crippen LogP contribution in [0.2, 0.25) is 0 Å². The maximum absolute atomic E-state index is 5.35. The van der Waals surface area contributed by atoms with E-state index in [0.717, 1.165) is 29.7 Å². The molecular formula is C17H27IN4O2S. The van der Waals surface area contributed by atoms with Gasteiger partial charge in [0, 0.05) is 43.6 Å². The second-order valence-electron chi connectivity index (χ2n) is 5.58. The highest BCUT2D eigenvalue weighted by Crippen LogP contribution is 2.21. The van der Waals surface area contributed by atoms with Crippen molar-refractivity contribution in [2.45, 2.75) is 26.2 Å². The molecule has 8 heteroatoms. The number of furan rings is 1. The lowest BCUT2D eigenvalue weighted by Gasteiger charge is -2.13. The predicted octanol–water partition coefficient (Wildman–Crippen LogP) is 3.19. The third-order valence-corrected chi connectivity index (χ3v) is 4.57. The Labute approximate surface area is 170 Å². The van der Waals surface area contributed by atoms with E-state index in [0.29, 0.717) is 25.6 Å². The lowest BCUT2D eigenvalue weighted by atomic mass is 10.2. The summed E-state index contributed by atoms with van der Waals surface area (Å²) in [5, 5.41) is 7.74. The minimum absolute atomic E-state index is 0. The van der Waals surface area contributed by atoms with Crippen LogP contribution in [0.25, 0.3) is 0 Å². The van der Waals surface area contributed by atoms with Crippen LogP contribution >= 0.6 is 35.3 Å². The summed E-state index contributed by atoms with van der Waals surface area (Å²) < 4.78 is 10.4. The SMILES string of the molecule is COCCNC(=NCC(C)c1ncc(C)s1)NCCc1ccco1.I. The fourth-order valence-electron chi connectivity index (χ4n) is 2.11. The van der Waals surface area contributed by atoms with Gasteiger partial charge in [-0.1, -0.05) is 6.92 Å². The van der Waals surface area contributed by atoms with Crippen LogP contribution < -0.4 is 10.6 Å². The number of rotatable bonds is 9. The molecule has 0 bridgehead atoms. The molecule has 2 rings (SSSR count).